The predicted molar refractivity (Wildman–Crippen MR) is 118 cm³/mol. The number of nitriles is 1. The van der Waals surface area contributed by atoms with Gasteiger partial charge in [0.15, 0.2) is 5.69 Å². The number of primary amides is 1. The van der Waals surface area contributed by atoms with Crippen LogP contribution in [-0.2, 0) is 12.7 Å². The fraction of sp³-hybridized carbons (Fsp3) is 0.130. The van der Waals surface area contributed by atoms with Gasteiger partial charge in [0.2, 0.25) is 5.91 Å². The summed E-state index contributed by atoms with van der Waals surface area (Å²) in [4.78, 5) is 33.0. The third-order valence-corrected chi connectivity index (χ3v) is 5.19. The Balaban J connectivity index is 1.72. The Morgan fingerprint density at radius 3 is 2.57 bits per heavy atom. The van der Waals surface area contributed by atoms with Crippen molar-refractivity contribution in [1.29, 1.82) is 5.26 Å². The van der Waals surface area contributed by atoms with Crippen LogP contribution in [0.15, 0.2) is 48.7 Å². The van der Waals surface area contributed by atoms with Crippen molar-refractivity contribution in [1.82, 2.24) is 19.7 Å². The lowest BCUT2D eigenvalue weighted by Gasteiger charge is -2.10. The molecule has 0 aliphatic rings. The summed E-state index contributed by atoms with van der Waals surface area (Å²) in [6.07, 6.45) is -3.57. The van der Waals surface area contributed by atoms with Crippen LogP contribution in [0.4, 0.5) is 18.9 Å². The van der Waals surface area contributed by atoms with E-state index in [1.165, 1.54) is 25.3 Å². The molecule has 0 unspecified atom stereocenters. The molecule has 0 aliphatic carbocycles. The number of hydrogen-bond donors (Lipinski definition) is 2. The topological polar surface area (TPSA) is 140 Å². The lowest BCUT2D eigenvalue weighted by atomic mass is 10.1. The number of anilines is 1. The van der Waals surface area contributed by atoms with E-state index in [-0.39, 0.29) is 29.0 Å². The molecule has 12 heteroatoms. The number of hydrogen-bond acceptors (Lipinski definition) is 6. The normalized spacial score (nSPS) is 11.3. The van der Waals surface area contributed by atoms with Crippen molar-refractivity contribution >= 4 is 28.4 Å². The van der Waals surface area contributed by atoms with Gasteiger partial charge in [0.25, 0.3) is 5.91 Å². The van der Waals surface area contributed by atoms with E-state index in [9.17, 15) is 22.8 Å². The second kappa shape index (κ2) is 8.86. The maximum Gasteiger partial charge on any atom is 0.437 e. The summed E-state index contributed by atoms with van der Waals surface area (Å²) in [6, 6.07) is 12.5. The molecule has 0 atom stereocenters. The Kier molecular flexibility index (Phi) is 5.92. The lowest BCUT2D eigenvalue weighted by molar-refractivity contribution is -0.140. The third kappa shape index (κ3) is 4.65. The summed E-state index contributed by atoms with van der Waals surface area (Å²) >= 11 is 0. The van der Waals surface area contributed by atoms with E-state index < -0.39 is 29.4 Å². The number of para-hydroxylation sites is 1. The molecule has 35 heavy (non-hydrogen) atoms. The first kappa shape index (κ1) is 23.4. The fourth-order valence-electron chi connectivity index (χ4n) is 3.46. The van der Waals surface area contributed by atoms with Gasteiger partial charge >= 0.3 is 6.18 Å². The summed E-state index contributed by atoms with van der Waals surface area (Å²) in [5, 5.41) is 15.2. The highest BCUT2D eigenvalue weighted by atomic mass is 19.4. The number of aromatic nitrogens is 4. The van der Waals surface area contributed by atoms with Gasteiger partial charge in [-0.3, -0.25) is 19.3 Å². The maximum atomic E-state index is 13.8. The van der Waals surface area contributed by atoms with E-state index in [2.05, 4.69) is 20.4 Å². The Morgan fingerprint density at radius 2 is 1.94 bits per heavy atom. The Morgan fingerprint density at radius 1 is 1.20 bits per heavy atom. The molecule has 0 saturated carbocycles. The van der Waals surface area contributed by atoms with Crippen LogP contribution < -0.4 is 11.1 Å². The average molecular weight is 479 g/mol. The van der Waals surface area contributed by atoms with E-state index in [4.69, 9.17) is 11.0 Å². The largest absolute Gasteiger partial charge is 0.437 e. The molecule has 2 amide bonds. The van der Waals surface area contributed by atoms with Gasteiger partial charge < -0.3 is 11.1 Å². The molecule has 0 fully saturated rings. The number of benzene rings is 1. The average Bonchev–Trinajstić information content (AvgIpc) is 3.14. The summed E-state index contributed by atoms with van der Waals surface area (Å²) in [5.74, 6) is -1.78. The highest BCUT2D eigenvalue weighted by Gasteiger charge is 2.39. The standard InChI is InChI=1S/C23H16F3N7O2/c1-12-19(20(23(24,25)26)32-33(12)11-14-7-6-13(9-27)10-29-14)31-22(35)18-8-16(21(28)34)15-4-2-3-5-17(15)30-18/h2-8,10H,11H2,1H3,(H2,28,34)(H,31,35). The summed E-state index contributed by atoms with van der Waals surface area (Å²) in [5.41, 5.74) is 4.26. The molecule has 0 bridgehead atoms. The van der Waals surface area contributed by atoms with E-state index in [0.29, 0.717) is 16.6 Å². The highest BCUT2D eigenvalue weighted by Crippen LogP contribution is 2.36. The van der Waals surface area contributed by atoms with Crippen molar-refractivity contribution in [3.8, 4) is 6.07 Å². The maximum absolute atomic E-state index is 13.8. The number of fused-ring (bicyclic) bond motifs is 1. The molecule has 0 radical (unpaired) electrons. The van der Waals surface area contributed by atoms with Crippen LogP contribution >= 0.6 is 0 Å². The molecule has 0 saturated heterocycles. The molecule has 4 rings (SSSR count). The van der Waals surface area contributed by atoms with Crippen molar-refractivity contribution in [2.45, 2.75) is 19.6 Å². The van der Waals surface area contributed by atoms with Crippen LogP contribution in [-0.4, -0.2) is 31.6 Å². The van der Waals surface area contributed by atoms with Crippen LogP contribution in [0.2, 0.25) is 0 Å². The van der Waals surface area contributed by atoms with E-state index in [1.807, 2.05) is 6.07 Å². The monoisotopic (exact) mass is 479 g/mol. The number of amides is 2. The molecule has 0 spiro atoms. The van der Waals surface area contributed by atoms with Gasteiger partial charge in [0, 0.05) is 11.6 Å². The number of nitrogens with two attached hydrogens (primary N) is 1. The lowest BCUT2D eigenvalue weighted by Crippen LogP contribution is -2.19. The summed E-state index contributed by atoms with van der Waals surface area (Å²) in [6.45, 7) is 1.24. The molecule has 176 valence electrons. The van der Waals surface area contributed by atoms with Crippen molar-refractivity contribution in [2.24, 2.45) is 5.73 Å². The number of carbonyl (C=O) groups is 2. The zero-order chi connectivity index (χ0) is 25.3. The molecule has 9 nitrogen and oxygen atoms in total. The number of carbonyl (C=O) groups excluding carboxylic acids is 2. The number of pyridine rings is 2. The molecule has 3 N–H and O–H groups in total. The van der Waals surface area contributed by atoms with E-state index in [0.717, 1.165) is 10.7 Å². The van der Waals surface area contributed by atoms with Crippen molar-refractivity contribution in [3.63, 3.8) is 0 Å². The van der Waals surface area contributed by atoms with E-state index >= 15 is 0 Å². The van der Waals surface area contributed by atoms with Gasteiger partial charge in [-0.25, -0.2) is 4.98 Å². The zero-order valence-electron chi connectivity index (χ0n) is 18.1. The van der Waals surface area contributed by atoms with Gasteiger partial charge in [-0.05, 0) is 31.2 Å². The second-order valence-corrected chi connectivity index (χ2v) is 7.51. The third-order valence-electron chi connectivity index (χ3n) is 5.19. The molecule has 3 heterocycles. The summed E-state index contributed by atoms with van der Waals surface area (Å²) in [7, 11) is 0. The second-order valence-electron chi connectivity index (χ2n) is 7.51. The SMILES string of the molecule is Cc1c(NC(=O)c2cc(C(N)=O)c3ccccc3n2)c(C(F)(F)F)nn1Cc1ccc(C#N)cn1. The molecule has 3 aromatic heterocycles. The molecule has 0 aliphatic heterocycles. The predicted octanol–water partition coefficient (Wildman–Crippen LogP) is 3.42. The van der Waals surface area contributed by atoms with Gasteiger partial charge in [0.1, 0.15) is 11.8 Å². The van der Waals surface area contributed by atoms with Crippen molar-refractivity contribution in [3.05, 3.63) is 82.6 Å². The van der Waals surface area contributed by atoms with Crippen LogP contribution in [0.3, 0.4) is 0 Å². The number of nitrogens with zero attached hydrogens (tertiary/aromatic N) is 5. The first-order valence-corrected chi connectivity index (χ1v) is 10.1. The van der Waals surface area contributed by atoms with Crippen LogP contribution in [0.5, 0.6) is 0 Å². The highest BCUT2D eigenvalue weighted by molar-refractivity contribution is 6.10. The van der Waals surface area contributed by atoms with Gasteiger partial charge in [0.05, 0.1) is 40.3 Å². The van der Waals surface area contributed by atoms with Gasteiger partial charge in [-0.2, -0.15) is 23.5 Å². The number of alkyl halides is 3. The first-order chi connectivity index (χ1) is 16.6. The number of rotatable bonds is 5. The van der Waals surface area contributed by atoms with Gasteiger partial charge in [-0.15, -0.1) is 0 Å². The zero-order valence-corrected chi connectivity index (χ0v) is 18.1. The Bertz CT molecular complexity index is 1500. The number of halogens is 3. The van der Waals surface area contributed by atoms with Crippen LogP contribution in [0.25, 0.3) is 10.9 Å². The quantitative estimate of drug-likeness (QED) is 0.450. The van der Waals surface area contributed by atoms with Gasteiger partial charge in [-0.1, -0.05) is 18.2 Å². The Labute approximate surface area is 196 Å². The van der Waals surface area contributed by atoms with E-state index in [1.54, 1.807) is 24.3 Å². The Hall–Kier alpha value is -4.79. The van der Waals surface area contributed by atoms with Crippen LogP contribution in [0, 0.1) is 18.3 Å². The molecular formula is C23H16F3N7O2. The van der Waals surface area contributed by atoms with Crippen LogP contribution in [0.1, 0.15) is 43.5 Å². The summed E-state index contributed by atoms with van der Waals surface area (Å²) < 4.78 is 42.3. The molecule has 1 aromatic carbocycles. The minimum atomic E-state index is -4.87. The minimum absolute atomic E-state index is 0.0103. The fourth-order valence-corrected chi connectivity index (χ4v) is 3.46. The first-order valence-electron chi connectivity index (χ1n) is 10.1. The number of nitrogens with one attached hydrogen (secondary N) is 1. The minimum Gasteiger partial charge on any atom is -0.366 e. The molecule has 4 aromatic rings. The smallest absolute Gasteiger partial charge is 0.366 e. The van der Waals surface area contributed by atoms with Crippen molar-refractivity contribution in [2.75, 3.05) is 5.32 Å². The van der Waals surface area contributed by atoms with Crippen molar-refractivity contribution < 1.29 is 22.8 Å². The molecular weight excluding hydrogens is 463 g/mol.